The van der Waals surface area contributed by atoms with Crippen LogP contribution in [0.25, 0.3) is 0 Å². The fraction of sp³-hybridized carbons (Fsp3) is 0.467. The van der Waals surface area contributed by atoms with Gasteiger partial charge in [0.25, 0.3) is 5.91 Å². The summed E-state index contributed by atoms with van der Waals surface area (Å²) in [5.74, 6) is -0.292. The molecule has 98 valence electrons. The van der Waals surface area contributed by atoms with E-state index in [0.29, 0.717) is 12.5 Å². The molecule has 0 atom stereocenters. The first-order chi connectivity index (χ1) is 8.49. The first-order valence-electron chi connectivity index (χ1n) is 6.35. The van der Waals surface area contributed by atoms with Crippen molar-refractivity contribution in [3.05, 3.63) is 35.4 Å². The number of carbonyl (C=O) groups is 2. The molecule has 0 aromatic heterocycles. The molecule has 1 amide bonds. The highest BCUT2D eigenvalue weighted by Crippen LogP contribution is 2.09. The van der Waals surface area contributed by atoms with E-state index in [1.807, 2.05) is 0 Å². The summed E-state index contributed by atoms with van der Waals surface area (Å²) in [4.78, 5) is 21.8. The monoisotopic (exact) mass is 247 g/mol. The third-order valence-electron chi connectivity index (χ3n) is 2.69. The van der Waals surface area contributed by atoms with Crippen molar-refractivity contribution in [2.75, 3.05) is 6.54 Å². The third kappa shape index (κ3) is 5.13. The van der Waals surface area contributed by atoms with Gasteiger partial charge in [0.2, 0.25) is 5.78 Å². The predicted octanol–water partition coefficient (Wildman–Crippen LogP) is 2.13. The Morgan fingerprint density at radius 2 is 1.67 bits per heavy atom. The molecule has 18 heavy (non-hydrogen) atoms. The lowest BCUT2D eigenvalue weighted by atomic mass is 10.0. The van der Waals surface area contributed by atoms with Gasteiger partial charge in [-0.2, -0.15) is 0 Å². The second kappa shape index (κ2) is 6.94. The summed E-state index contributed by atoms with van der Waals surface area (Å²) < 4.78 is 0. The number of ketones is 1. The fourth-order valence-electron chi connectivity index (χ4n) is 1.76. The Bertz CT molecular complexity index is 407. The highest BCUT2D eigenvalue weighted by atomic mass is 16.2. The number of carbonyl (C=O) groups excluding carboxylic acids is 2. The molecule has 0 unspecified atom stereocenters. The summed E-state index contributed by atoms with van der Waals surface area (Å²) in [6.07, 6.45) is 1.84. The van der Waals surface area contributed by atoms with Crippen LogP contribution in [0.3, 0.4) is 0 Å². The number of hydrogen-bond donors (Lipinski definition) is 1. The number of rotatable bonds is 6. The minimum absolute atomic E-state index is 0.442. The van der Waals surface area contributed by atoms with E-state index in [9.17, 15) is 9.59 Å². The van der Waals surface area contributed by atoms with Gasteiger partial charge in [-0.1, -0.05) is 38.1 Å². The SMILES string of the molecule is CC(=O)C(=O)NCCc1ccc(CC(C)C)cc1. The van der Waals surface area contributed by atoms with E-state index in [0.717, 1.165) is 12.8 Å². The standard InChI is InChI=1S/C15H21NO2/c1-11(2)10-14-6-4-13(5-7-14)8-9-16-15(18)12(3)17/h4-7,11H,8-10H2,1-3H3,(H,16,18). The van der Waals surface area contributed by atoms with Crippen molar-refractivity contribution in [2.24, 2.45) is 5.92 Å². The van der Waals surface area contributed by atoms with E-state index in [1.54, 1.807) is 0 Å². The molecule has 0 aliphatic heterocycles. The van der Waals surface area contributed by atoms with Gasteiger partial charge in [-0.05, 0) is 29.9 Å². The van der Waals surface area contributed by atoms with Crippen LogP contribution in [0.15, 0.2) is 24.3 Å². The normalized spacial score (nSPS) is 10.4. The van der Waals surface area contributed by atoms with Gasteiger partial charge < -0.3 is 5.32 Å². The van der Waals surface area contributed by atoms with Crippen molar-refractivity contribution in [3.63, 3.8) is 0 Å². The van der Waals surface area contributed by atoms with Crippen LogP contribution >= 0.6 is 0 Å². The average molecular weight is 247 g/mol. The molecule has 0 bridgehead atoms. The van der Waals surface area contributed by atoms with Crippen LogP contribution in [-0.2, 0) is 22.4 Å². The lowest BCUT2D eigenvalue weighted by molar-refractivity contribution is -0.136. The Morgan fingerprint density at radius 1 is 1.11 bits per heavy atom. The fourth-order valence-corrected chi connectivity index (χ4v) is 1.76. The van der Waals surface area contributed by atoms with Gasteiger partial charge in [0.15, 0.2) is 0 Å². The highest BCUT2D eigenvalue weighted by Gasteiger charge is 2.05. The van der Waals surface area contributed by atoms with Crippen LogP contribution in [0.1, 0.15) is 31.9 Å². The number of hydrogen-bond acceptors (Lipinski definition) is 2. The Balaban J connectivity index is 2.39. The first kappa shape index (κ1) is 14.4. The van der Waals surface area contributed by atoms with E-state index in [2.05, 4.69) is 43.4 Å². The Labute approximate surface area is 109 Å². The third-order valence-corrected chi connectivity index (χ3v) is 2.69. The summed E-state index contributed by atoms with van der Waals surface area (Å²) in [6.45, 7) is 6.17. The largest absolute Gasteiger partial charge is 0.349 e. The van der Waals surface area contributed by atoms with Crippen LogP contribution in [-0.4, -0.2) is 18.2 Å². The zero-order chi connectivity index (χ0) is 13.5. The van der Waals surface area contributed by atoms with Crippen LogP contribution in [0.4, 0.5) is 0 Å². The number of amides is 1. The van der Waals surface area contributed by atoms with Gasteiger partial charge in [0, 0.05) is 13.5 Å². The molecule has 3 heteroatoms. The molecule has 0 radical (unpaired) electrons. The van der Waals surface area contributed by atoms with Crippen molar-refractivity contribution < 1.29 is 9.59 Å². The van der Waals surface area contributed by atoms with Crippen LogP contribution < -0.4 is 5.32 Å². The molecular formula is C15H21NO2. The van der Waals surface area contributed by atoms with Crippen LogP contribution in [0, 0.1) is 5.92 Å². The molecule has 0 aliphatic carbocycles. The van der Waals surface area contributed by atoms with Gasteiger partial charge >= 0.3 is 0 Å². The van der Waals surface area contributed by atoms with Gasteiger partial charge in [-0.3, -0.25) is 9.59 Å². The highest BCUT2D eigenvalue weighted by molar-refractivity contribution is 6.35. The summed E-state index contributed by atoms with van der Waals surface area (Å²) in [5, 5.41) is 2.59. The second-order valence-electron chi connectivity index (χ2n) is 4.98. The first-order valence-corrected chi connectivity index (χ1v) is 6.35. The summed E-state index contributed by atoms with van der Waals surface area (Å²) in [5.41, 5.74) is 2.51. The molecule has 0 heterocycles. The van der Waals surface area contributed by atoms with Crippen molar-refractivity contribution in [3.8, 4) is 0 Å². The maximum absolute atomic E-state index is 11.0. The second-order valence-corrected chi connectivity index (χ2v) is 4.98. The molecule has 1 rings (SSSR count). The van der Waals surface area contributed by atoms with Crippen LogP contribution in [0.5, 0.6) is 0 Å². The lowest BCUT2D eigenvalue weighted by Crippen LogP contribution is -2.30. The van der Waals surface area contributed by atoms with Crippen molar-refractivity contribution in [1.82, 2.24) is 5.32 Å². The van der Waals surface area contributed by atoms with Gasteiger partial charge in [0.05, 0.1) is 0 Å². The zero-order valence-corrected chi connectivity index (χ0v) is 11.3. The van der Waals surface area contributed by atoms with Gasteiger partial charge in [-0.25, -0.2) is 0 Å². The van der Waals surface area contributed by atoms with Gasteiger partial charge in [0.1, 0.15) is 0 Å². The van der Waals surface area contributed by atoms with E-state index >= 15 is 0 Å². The quantitative estimate of drug-likeness (QED) is 0.783. The Morgan fingerprint density at radius 3 is 2.17 bits per heavy atom. The molecule has 0 saturated heterocycles. The van der Waals surface area contributed by atoms with Crippen LogP contribution in [0.2, 0.25) is 0 Å². The molecule has 0 fully saturated rings. The van der Waals surface area contributed by atoms with E-state index in [1.165, 1.54) is 18.1 Å². The zero-order valence-electron chi connectivity index (χ0n) is 11.3. The predicted molar refractivity (Wildman–Crippen MR) is 72.4 cm³/mol. The molecule has 1 aromatic rings. The molecular weight excluding hydrogens is 226 g/mol. The maximum Gasteiger partial charge on any atom is 0.287 e. The molecule has 0 aliphatic rings. The molecule has 1 N–H and O–H groups in total. The maximum atomic E-state index is 11.0. The molecule has 3 nitrogen and oxygen atoms in total. The molecule has 0 spiro atoms. The average Bonchev–Trinajstić information content (AvgIpc) is 2.30. The van der Waals surface area contributed by atoms with Crippen molar-refractivity contribution in [2.45, 2.75) is 33.6 Å². The molecule has 1 aromatic carbocycles. The summed E-state index contributed by atoms with van der Waals surface area (Å²) in [7, 11) is 0. The van der Waals surface area contributed by atoms with Crippen molar-refractivity contribution in [1.29, 1.82) is 0 Å². The minimum atomic E-state index is -0.508. The van der Waals surface area contributed by atoms with Crippen molar-refractivity contribution >= 4 is 11.7 Å². The Kier molecular flexibility index (Phi) is 5.56. The summed E-state index contributed by atoms with van der Waals surface area (Å²) >= 11 is 0. The summed E-state index contributed by atoms with van der Waals surface area (Å²) in [6, 6.07) is 8.42. The van der Waals surface area contributed by atoms with Gasteiger partial charge in [-0.15, -0.1) is 0 Å². The molecule has 0 saturated carbocycles. The minimum Gasteiger partial charge on any atom is -0.349 e. The van der Waals surface area contributed by atoms with E-state index in [-0.39, 0.29) is 0 Å². The lowest BCUT2D eigenvalue weighted by Gasteiger charge is -2.07. The topological polar surface area (TPSA) is 46.2 Å². The number of benzene rings is 1. The van der Waals surface area contributed by atoms with E-state index < -0.39 is 11.7 Å². The number of nitrogens with one attached hydrogen (secondary N) is 1. The Hall–Kier alpha value is -1.64. The smallest absolute Gasteiger partial charge is 0.287 e. The number of Topliss-reactive ketones (excluding diaryl/α,β-unsaturated/α-hetero) is 1. The van der Waals surface area contributed by atoms with E-state index in [4.69, 9.17) is 0 Å².